The van der Waals surface area contributed by atoms with Gasteiger partial charge < -0.3 is 9.64 Å². The monoisotopic (exact) mass is 430 g/mol. The Kier molecular flexibility index (Phi) is 8.52. The molecular formula is C22H36Cl2N2O2. The van der Waals surface area contributed by atoms with E-state index in [1.807, 2.05) is 12.0 Å². The van der Waals surface area contributed by atoms with E-state index in [1.165, 1.54) is 25.3 Å². The first-order valence-corrected chi connectivity index (χ1v) is 11.9. The van der Waals surface area contributed by atoms with E-state index in [4.69, 9.17) is 27.9 Å². The van der Waals surface area contributed by atoms with Crippen LogP contribution in [0.1, 0.15) is 44.9 Å². The quantitative estimate of drug-likeness (QED) is 0.468. The maximum atomic E-state index is 11.8. The molecule has 0 aromatic carbocycles. The van der Waals surface area contributed by atoms with Crippen molar-refractivity contribution >= 4 is 29.1 Å². The number of alkyl halides is 2. The Morgan fingerprint density at radius 2 is 1.79 bits per heavy atom. The number of carbonyl (C=O) groups is 1. The number of carbonyl (C=O) groups excluding carboxylic acids is 1. The summed E-state index contributed by atoms with van der Waals surface area (Å²) in [7, 11) is 1.83. The molecule has 4 nitrogen and oxygen atoms in total. The van der Waals surface area contributed by atoms with E-state index in [2.05, 4.69) is 11.5 Å². The molecule has 6 heteroatoms. The van der Waals surface area contributed by atoms with Crippen molar-refractivity contribution in [2.75, 3.05) is 39.8 Å². The zero-order valence-corrected chi connectivity index (χ0v) is 18.7. The summed E-state index contributed by atoms with van der Waals surface area (Å²) in [5.74, 6) is 1.67. The van der Waals surface area contributed by atoms with Crippen LogP contribution >= 0.6 is 23.2 Å². The number of hydrogen-bond acceptors (Lipinski definition) is 3. The van der Waals surface area contributed by atoms with Crippen LogP contribution in [-0.4, -0.2) is 72.4 Å². The molecule has 1 saturated heterocycles. The molecule has 3 aliphatic rings. The van der Waals surface area contributed by atoms with Gasteiger partial charge in [0.15, 0.2) is 0 Å². The smallest absolute Gasteiger partial charge is 0.246 e. The highest BCUT2D eigenvalue weighted by Gasteiger charge is 2.42. The maximum Gasteiger partial charge on any atom is 0.246 e. The minimum absolute atomic E-state index is 0.0467. The summed E-state index contributed by atoms with van der Waals surface area (Å²) in [6, 6.07) is 0. The largest absolute Gasteiger partial charge is 0.381 e. The van der Waals surface area contributed by atoms with Gasteiger partial charge in [-0.2, -0.15) is 0 Å². The number of rotatable bonds is 6. The van der Waals surface area contributed by atoms with E-state index >= 15 is 0 Å². The third-order valence-corrected chi connectivity index (χ3v) is 8.33. The fourth-order valence-corrected chi connectivity index (χ4v) is 6.47. The molecule has 28 heavy (non-hydrogen) atoms. The van der Waals surface area contributed by atoms with Crippen molar-refractivity contribution in [2.24, 2.45) is 17.8 Å². The van der Waals surface area contributed by atoms with Gasteiger partial charge in [-0.1, -0.05) is 19.4 Å². The van der Waals surface area contributed by atoms with Crippen LogP contribution in [0.25, 0.3) is 0 Å². The van der Waals surface area contributed by atoms with Gasteiger partial charge in [0.05, 0.1) is 6.10 Å². The second-order valence-electron chi connectivity index (χ2n) is 8.81. The van der Waals surface area contributed by atoms with E-state index in [-0.39, 0.29) is 22.8 Å². The molecule has 2 saturated carbocycles. The van der Waals surface area contributed by atoms with Gasteiger partial charge in [-0.3, -0.25) is 9.69 Å². The third kappa shape index (κ3) is 5.44. The Morgan fingerprint density at radius 1 is 1.07 bits per heavy atom. The average molecular weight is 431 g/mol. The second kappa shape index (κ2) is 10.7. The molecular weight excluding hydrogens is 395 g/mol. The maximum absolute atomic E-state index is 11.8. The van der Waals surface area contributed by atoms with E-state index in [1.54, 1.807) is 0 Å². The van der Waals surface area contributed by atoms with Crippen LogP contribution in [-0.2, 0) is 9.53 Å². The fourth-order valence-electron chi connectivity index (χ4n) is 5.54. The van der Waals surface area contributed by atoms with Crippen molar-refractivity contribution in [3.63, 3.8) is 0 Å². The third-order valence-electron chi connectivity index (χ3n) is 7.28. The standard InChI is InChI=1S/C22H36Cl2N2O2/c1-3-22(27)26-12-10-25(11-13-26)9-8-16-14-18(20(24)15-21(16)28-2)17-6-4-5-7-19(17)23/h3,16-21H,1,4-15H2,2H3. The van der Waals surface area contributed by atoms with Gasteiger partial charge in [0, 0.05) is 44.0 Å². The Balaban J connectivity index is 1.53. The predicted octanol–water partition coefficient (Wildman–Crippen LogP) is 4.15. The van der Waals surface area contributed by atoms with Gasteiger partial charge in [0.25, 0.3) is 0 Å². The Hall–Kier alpha value is -0.290. The Bertz CT molecular complexity index is 525. The summed E-state index contributed by atoms with van der Waals surface area (Å²) >= 11 is 13.5. The van der Waals surface area contributed by atoms with Crippen LogP contribution in [0.15, 0.2) is 12.7 Å². The van der Waals surface area contributed by atoms with Gasteiger partial charge in [-0.25, -0.2) is 0 Å². The number of ether oxygens (including phenoxy) is 1. The summed E-state index contributed by atoms with van der Waals surface area (Å²) in [5.41, 5.74) is 0. The topological polar surface area (TPSA) is 32.8 Å². The van der Waals surface area contributed by atoms with Crippen LogP contribution in [0.5, 0.6) is 0 Å². The van der Waals surface area contributed by atoms with Gasteiger partial charge >= 0.3 is 0 Å². The van der Waals surface area contributed by atoms with Crippen molar-refractivity contribution in [3.05, 3.63) is 12.7 Å². The molecule has 0 bridgehead atoms. The summed E-state index contributed by atoms with van der Waals surface area (Å²) < 4.78 is 5.84. The van der Waals surface area contributed by atoms with Crippen LogP contribution < -0.4 is 0 Å². The first-order valence-electron chi connectivity index (χ1n) is 11.0. The second-order valence-corrected chi connectivity index (χ2v) is 9.93. The number of nitrogens with zero attached hydrogens (tertiary/aromatic N) is 2. The molecule has 0 aromatic heterocycles. The van der Waals surface area contributed by atoms with Crippen LogP contribution in [0.3, 0.4) is 0 Å². The average Bonchev–Trinajstić information content (AvgIpc) is 2.73. The highest BCUT2D eigenvalue weighted by molar-refractivity contribution is 6.22. The lowest BCUT2D eigenvalue weighted by Gasteiger charge is -2.45. The number of piperazine rings is 1. The SMILES string of the molecule is C=CC(=O)N1CCN(CCC2CC(C3CCCCC3Cl)C(Cl)CC2OC)CC1. The molecule has 3 rings (SSSR count). The van der Waals surface area contributed by atoms with Crippen molar-refractivity contribution in [1.29, 1.82) is 0 Å². The van der Waals surface area contributed by atoms with Crippen LogP contribution in [0.2, 0.25) is 0 Å². The minimum atomic E-state index is 0.0467. The zero-order valence-electron chi connectivity index (χ0n) is 17.2. The molecule has 0 aromatic rings. The molecule has 1 aliphatic heterocycles. The highest BCUT2D eigenvalue weighted by atomic mass is 35.5. The highest BCUT2D eigenvalue weighted by Crippen LogP contribution is 2.45. The Morgan fingerprint density at radius 3 is 2.43 bits per heavy atom. The Labute approximate surface area is 180 Å². The number of halogens is 2. The van der Waals surface area contributed by atoms with Crippen LogP contribution in [0.4, 0.5) is 0 Å². The predicted molar refractivity (Wildman–Crippen MR) is 116 cm³/mol. The molecule has 1 heterocycles. The first-order chi connectivity index (χ1) is 13.5. The van der Waals surface area contributed by atoms with Gasteiger partial charge in [-0.15, -0.1) is 23.2 Å². The van der Waals surface area contributed by atoms with Crippen molar-refractivity contribution in [3.8, 4) is 0 Å². The summed E-state index contributed by atoms with van der Waals surface area (Å²) in [4.78, 5) is 16.1. The van der Waals surface area contributed by atoms with Crippen molar-refractivity contribution in [2.45, 2.75) is 61.8 Å². The molecule has 6 atom stereocenters. The summed E-state index contributed by atoms with van der Waals surface area (Å²) in [6.45, 7) is 8.13. The summed E-state index contributed by atoms with van der Waals surface area (Å²) in [6.07, 6.45) is 9.79. The van der Waals surface area contributed by atoms with Crippen molar-refractivity contribution < 1.29 is 9.53 Å². The zero-order chi connectivity index (χ0) is 20.1. The van der Waals surface area contributed by atoms with Crippen molar-refractivity contribution in [1.82, 2.24) is 9.80 Å². The number of methoxy groups -OCH3 is 1. The lowest BCUT2D eigenvalue weighted by Crippen LogP contribution is -2.49. The lowest BCUT2D eigenvalue weighted by atomic mass is 9.68. The van der Waals surface area contributed by atoms with E-state index < -0.39 is 0 Å². The van der Waals surface area contributed by atoms with E-state index in [0.29, 0.717) is 17.8 Å². The molecule has 1 amide bonds. The fraction of sp³-hybridized carbons (Fsp3) is 0.864. The van der Waals surface area contributed by atoms with Gasteiger partial charge in [-0.05, 0) is 62.5 Å². The molecule has 2 aliphatic carbocycles. The minimum Gasteiger partial charge on any atom is -0.381 e. The molecule has 0 spiro atoms. The first kappa shape index (κ1) is 22.4. The van der Waals surface area contributed by atoms with Gasteiger partial charge in [0.2, 0.25) is 5.91 Å². The molecule has 6 unspecified atom stereocenters. The van der Waals surface area contributed by atoms with E-state index in [9.17, 15) is 4.79 Å². The molecule has 0 N–H and O–H groups in total. The van der Waals surface area contributed by atoms with Crippen LogP contribution in [0, 0.1) is 17.8 Å². The normalized spacial score (nSPS) is 37.6. The molecule has 0 radical (unpaired) electrons. The number of hydrogen-bond donors (Lipinski definition) is 0. The van der Waals surface area contributed by atoms with Gasteiger partial charge in [0.1, 0.15) is 0 Å². The van der Waals surface area contributed by atoms with E-state index in [0.717, 1.165) is 58.4 Å². The molecule has 160 valence electrons. The summed E-state index contributed by atoms with van der Waals surface area (Å²) in [5, 5.41) is 0.467. The lowest BCUT2D eigenvalue weighted by molar-refractivity contribution is -0.127. The number of amides is 1. The molecule has 3 fully saturated rings.